The smallest absolute Gasteiger partial charge is 0.471 e. The second-order valence-electron chi connectivity index (χ2n) is 13.0. The number of amides is 2. The molecule has 2 aliphatic carbocycles. The number of hydrogen-bond donors (Lipinski definition) is 5. The number of carbonyl (C=O) groups excluding carboxylic acids is 4. The number of ether oxygens (including phenoxy) is 4. The Morgan fingerprint density at radius 2 is 1.58 bits per heavy atom. The van der Waals surface area contributed by atoms with Gasteiger partial charge in [0.25, 0.3) is 0 Å². The minimum atomic E-state index is -5.21. The lowest BCUT2D eigenvalue weighted by molar-refractivity contribution is -0.256. The number of fused-ring (bicyclic) bond motifs is 3. The normalized spacial score (nSPS) is 26.0. The van der Waals surface area contributed by atoms with Gasteiger partial charge in [-0.05, 0) is 26.0 Å². The van der Waals surface area contributed by atoms with E-state index in [1.165, 1.54) is 45.2 Å². The van der Waals surface area contributed by atoms with E-state index in [0.717, 1.165) is 0 Å². The number of ketones is 2. The molecule has 1 heterocycles. The number of benzene rings is 3. The van der Waals surface area contributed by atoms with Crippen LogP contribution in [-0.4, -0.2) is 88.4 Å². The molecular formula is C36H35F3N2O11. The van der Waals surface area contributed by atoms with Crippen LogP contribution in [0.25, 0.3) is 0 Å². The van der Waals surface area contributed by atoms with Crippen LogP contribution in [0.4, 0.5) is 23.7 Å². The number of aliphatic hydroxyl groups is 1. The third kappa shape index (κ3) is 6.69. The van der Waals surface area contributed by atoms with E-state index in [1.807, 2.05) is 5.32 Å². The summed E-state index contributed by atoms with van der Waals surface area (Å²) >= 11 is 0. The molecule has 0 radical (unpaired) electrons. The summed E-state index contributed by atoms with van der Waals surface area (Å²) in [7, 11) is 1.23. The highest BCUT2D eigenvalue weighted by molar-refractivity contribution is 6.30. The Balaban J connectivity index is 1.39. The first-order valence-corrected chi connectivity index (χ1v) is 16.3. The average Bonchev–Trinajstić information content (AvgIpc) is 3.08. The van der Waals surface area contributed by atoms with Gasteiger partial charge in [-0.25, -0.2) is 4.79 Å². The Labute approximate surface area is 294 Å². The zero-order chi connectivity index (χ0) is 37.7. The maximum absolute atomic E-state index is 13.7. The molecule has 0 spiro atoms. The summed E-state index contributed by atoms with van der Waals surface area (Å²) in [4.78, 5) is 52.2. The topological polar surface area (TPSA) is 190 Å². The predicted molar refractivity (Wildman–Crippen MR) is 174 cm³/mol. The summed E-state index contributed by atoms with van der Waals surface area (Å²) in [6.07, 6.45) is -13.7. The molecule has 16 heteroatoms. The first kappa shape index (κ1) is 36.8. The second kappa shape index (κ2) is 13.8. The van der Waals surface area contributed by atoms with Crippen LogP contribution in [0.15, 0.2) is 54.6 Å². The van der Waals surface area contributed by atoms with E-state index < -0.39 is 114 Å². The zero-order valence-electron chi connectivity index (χ0n) is 28.0. The maximum Gasteiger partial charge on any atom is 0.471 e. The third-order valence-corrected chi connectivity index (χ3v) is 9.70. The number of hydrogen-bond acceptors (Lipinski definition) is 11. The molecule has 1 fully saturated rings. The van der Waals surface area contributed by atoms with Gasteiger partial charge in [-0.15, -0.1) is 0 Å². The molecule has 52 heavy (non-hydrogen) atoms. The second-order valence-corrected chi connectivity index (χ2v) is 13.0. The predicted octanol–water partition coefficient (Wildman–Crippen LogP) is 4.44. The number of para-hydroxylation sites is 1. The third-order valence-electron chi connectivity index (χ3n) is 9.70. The number of methoxy groups -OCH3 is 1. The fourth-order valence-corrected chi connectivity index (χ4v) is 7.13. The molecule has 3 aliphatic rings. The van der Waals surface area contributed by atoms with Gasteiger partial charge < -0.3 is 39.6 Å². The molecule has 7 atom stereocenters. The molecular weight excluding hydrogens is 693 g/mol. The minimum absolute atomic E-state index is 0.0213. The highest BCUT2D eigenvalue weighted by Gasteiger charge is 2.51. The number of halogens is 3. The molecule has 0 saturated carbocycles. The van der Waals surface area contributed by atoms with Crippen molar-refractivity contribution >= 4 is 29.3 Å². The van der Waals surface area contributed by atoms with Gasteiger partial charge in [-0.2, -0.15) is 13.2 Å². The van der Waals surface area contributed by atoms with Gasteiger partial charge in [-0.1, -0.05) is 42.5 Å². The Morgan fingerprint density at radius 3 is 2.17 bits per heavy atom. The van der Waals surface area contributed by atoms with Crippen molar-refractivity contribution in [3.63, 3.8) is 0 Å². The van der Waals surface area contributed by atoms with Crippen LogP contribution in [0.2, 0.25) is 0 Å². The fraction of sp³-hybridized carbons (Fsp3) is 0.389. The van der Waals surface area contributed by atoms with Crippen LogP contribution in [-0.2, 0) is 30.2 Å². The van der Waals surface area contributed by atoms with Crippen molar-refractivity contribution in [1.82, 2.24) is 5.32 Å². The number of alkyl halides is 3. The summed E-state index contributed by atoms with van der Waals surface area (Å²) in [5.74, 6) is -5.20. The van der Waals surface area contributed by atoms with Crippen molar-refractivity contribution < 1.29 is 66.6 Å². The molecule has 13 nitrogen and oxygen atoms in total. The molecule has 276 valence electrons. The number of phenolic OH excluding ortho intramolecular Hbond substituents is 2. The van der Waals surface area contributed by atoms with Crippen molar-refractivity contribution in [2.75, 3.05) is 12.4 Å². The molecule has 1 aliphatic heterocycles. The molecule has 1 unspecified atom stereocenters. The van der Waals surface area contributed by atoms with Crippen molar-refractivity contribution in [1.29, 1.82) is 0 Å². The Hall–Kier alpha value is -5.03. The van der Waals surface area contributed by atoms with Crippen LogP contribution in [0.3, 0.4) is 0 Å². The lowest BCUT2D eigenvalue weighted by Crippen LogP contribution is -2.58. The number of anilines is 1. The Kier molecular flexibility index (Phi) is 9.78. The number of phenols is 2. The molecule has 0 bridgehead atoms. The standard InChI is InChI=1S/C36H35F3N2O11/c1-16-32(49-3)22(41-33(46)36(37,38)39)13-24(50-16)52-23-15-35(48,17(2)51-34(47)40-18-9-5-4-6-10-18)14-21-25(23)31(45)27-26(30(21)44)28(42)19-11-7-8-12-20(19)29(27)43/h4-12,16-17,22-24,32,44-45,48H,13-15H2,1-3H3,(H,40,47)(H,41,46)/t16-,17-,22+,23+,24+,32+,35?/m1/s1. The van der Waals surface area contributed by atoms with Gasteiger partial charge >= 0.3 is 18.2 Å². The number of rotatable bonds is 7. The fourth-order valence-electron chi connectivity index (χ4n) is 7.13. The largest absolute Gasteiger partial charge is 0.507 e. The van der Waals surface area contributed by atoms with Crippen molar-refractivity contribution in [3.8, 4) is 11.5 Å². The molecule has 3 aromatic carbocycles. The van der Waals surface area contributed by atoms with Gasteiger partial charge in [0.05, 0.1) is 29.4 Å². The van der Waals surface area contributed by atoms with Crippen LogP contribution in [0, 0.1) is 0 Å². The summed E-state index contributed by atoms with van der Waals surface area (Å²) in [5.41, 5.74) is -3.11. The number of carbonyl (C=O) groups is 4. The molecule has 5 N–H and O–H groups in total. The Morgan fingerprint density at radius 1 is 0.981 bits per heavy atom. The number of aromatic hydroxyl groups is 2. The summed E-state index contributed by atoms with van der Waals surface area (Å²) in [6.45, 7) is 2.85. The van der Waals surface area contributed by atoms with Crippen LogP contribution in [0.5, 0.6) is 11.5 Å². The van der Waals surface area contributed by atoms with Crippen LogP contribution < -0.4 is 10.6 Å². The first-order chi connectivity index (χ1) is 24.5. The summed E-state index contributed by atoms with van der Waals surface area (Å²) < 4.78 is 62.7. The van der Waals surface area contributed by atoms with E-state index in [2.05, 4.69) is 5.32 Å². The summed E-state index contributed by atoms with van der Waals surface area (Å²) in [6, 6.07) is 12.8. The quantitative estimate of drug-likeness (QED) is 0.169. The van der Waals surface area contributed by atoms with Crippen molar-refractivity contribution in [2.24, 2.45) is 0 Å². The van der Waals surface area contributed by atoms with Gasteiger partial charge in [0, 0.05) is 54.3 Å². The van der Waals surface area contributed by atoms with Crippen LogP contribution in [0.1, 0.15) is 75.8 Å². The van der Waals surface area contributed by atoms with E-state index in [1.54, 1.807) is 30.3 Å². The van der Waals surface area contributed by atoms with E-state index in [9.17, 15) is 47.7 Å². The molecule has 0 aromatic heterocycles. The highest BCUT2D eigenvalue weighted by Crippen LogP contribution is 2.52. The molecule has 1 saturated heterocycles. The van der Waals surface area contributed by atoms with Gasteiger partial charge in [-0.3, -0.25) is 19.7 Å². The van der Waals surface area contributed by atoms with Crippen molar-refractivity contribution in [3.05, 3.63) is 88.0 Å². The van der Waals surface area contributed by atoms with Gasteiger partial charge in [0.15, 0.2) is 17.9 Å². The van der Waals surface area contributed by atoms with Gasteiger partial charge in [0.1, 0.15) is 29.3 Å². The minimum Gasteiger partial charge on any atom is -0.507 e. The monoisotopic (exact) mass is 728 g/mol. The van der Waals surface area contributed by atoms with E-state index >= 15 is 0 Å². The average molecular weight is 729 g/mol. The van der Waals surface area contributed by atoms with E-state index in [-0.39, 0.29) is 22.3 Å². The van der Waals surface area contributed by atoms with E-state index in [0.29, 0.717) is 5.69 Å². The molecule has 6 rings (SSSR count). The number of nitrogens with one attached hydrogen (secondary N) is 2. The molecule has 2 amide bonds. The Bertz CT molecular complexity index is 1920. The maximum atomic E-state index is 13.7. The lowest BCUT2D eigenvalue weighted by Gasteiger charge is -2.45. The highest BCUT2D eigenvalue weighted by atomic mass is 19.4. The van der Waals surface area contributed by atoms with Crippen LogP contribution >= 0.6 is 0 Å². The molecule has 3 aromatic rings. The SMILES string of the molecule is CO[C@@H]1[C@@H](NC(=O)C(F)(F)F)C[C@H](O[C@H]2CC(O)([C@@H](C)OC(=O)Nc3ccccc3)Cc3c(O)c4c(c(O)c32)C(=O)c2ccccc2C4=O)O[C@@H]1C. The zero-order valence-corrected chi connectivity index (χ0v) is 28.0. The van der Waals surface area contributed by atoms with Crippen molar-refractivity contribution in [2.45, 2.75) is 81.6 Å². The first-order valence-electron chi connectivity index (χ1n) is 16.3. The lowest BCUT2D eigenvalue weighted by atomic mass is 9.71. The van der Waals surface area contributed by atoms with E-state index in [4.69, 9.17) is 18.9 Å². The van der Waals surface area contributed by atoms with Gasteiger partial charge in [0.2, 0.25) is 0 Å². The summed E-state index contributed by atoms with van der Waals surface area (Å²) in [5, 5.41) is 40.0.